The van der Waals surface area contributed by atoms with Gasteiger partial charge in [-0.15, -0.1) is 0 Å². The van der Waals surface area contributed by atoms with Crippen LogP contribution in [0.15, 0.2) is 0 Å². The number of aliphatic hydroxyl groups is 1. The molecule has 0 aromatic heterocycles. The van der Waals surface area contributed by atoms with Crippen LogP contribution in [0.2, 0.25) is 0 Å². The molecule has 0 aromatic rings. The van der Waals surface area contributed by atoms with Crippen LogP contribution in [-0.4, -0.2) is 47.2 Å². The Morgan fingerprint density at radius 2 is 2.11 bits per heavy atom. The minimum absolute atomic E-state index is 0.00625. The molecule has 0 aromatic carbocycles. The zero-order valence-corrected chi connectivity index (χ0v) is 11.6. The highest BCUT2D eigenvalue weighted by Gasteiger charge is 2.34. The maximum Gasteiger partial charge on any atom is 0.239 e. The molecular weight excluding hydrogens is 228 g/mol. The molecule has 2 unspecified atom stereocenters. The molecular formula is C14H26N2O2. The molecule has 2 rings (SSSR count). The second-order valence-corrected chi connectivity index (χ2v) is 6.13. The fourth-order valence-electron chi connectivity index (χ4n) is 2.98. The van der Waals surface area contributed by atoms with Gasteiger partial charge in [0.05, 0.1) is 11.6 Å². The number of piperidine rings is 2. The van der Waals surface area contributed by atoms with E-state index in [4.69, 9.17) is 0 Å². The molecule has 2 saturated heterocycles. The van der Waals surface area contributed by atoms with Crippen molar-refractivity contribution in [3.05, 3.63) is 0 Å². The van der Waals surface area contributed by atoms with Crippen LogP contribution in [0, 0.1) is 5.92 Å². The summed E-state index contributed by atoms with van der Waals surface area (Å²) in [7, 11) is 0. The highest BCUT2D eigenvalue weighted by Crippen LogP contribution is 2.24. The number of likely N-dealkylation sites (tertiary alicyclic amines) is 1. The second-order valence-electron chi connectivity index (χ2n) is 6.13. The maximum atomic E-state index is 12.4. The second kappa shape index (κ2) is 5.57. The first-order valence-corrected chi connectivity index (χ1v) is 7.26. The third kappa shape index (κ3) is 3.23. The highest BCUT2D eigenvalue weighted by molar-refractivity contribution is 5.82. The number of nitrogens with one attached hydrogen (secondary N) is 1. The normalized spacial score (nSPS) is 32.3. The predicted molar refractivity (Wildman–Crippen MR) is 71.2 cm³/mol. The van der Waals surface area contributed by atoms with Gasteiger partial charge in [0, 0.05) is 13.1 Å². The van der Waals surface area contributed by atoms with Gasteiger partial charge in [0.2, 0.25) is 5.91 Å². The molecule has 2 fully saturated rings. The van der Waals surface area contributed by atoms with Crippen molar-refractivity contribution in [3.8, 4) is 0 Å². The molecule has 18 heavy (non-hydrogen) atoms. The van der Waals surface area contributed by atoms with E-state index in [9.17, 15) is 9.90 Å². The molecule has 0 radical (unpaired) electrons. The summed E-state index contributed by atoms with van der Waals surface area (Å²) in [6.45, 7) is 6.42. The Bertz CT molecular complexity index is 294. The Morgan fingerprint density at radius 1 is 1.44 bits per heavy atom. The smallest absolute Gasteiger partial charge is 0.239 e. The van der Waals surface area contributed by atoms with Crippen LogP contribution in [0.25, 0.3) is 0 Å². The summed E-state index contributed by atoms with van der Waals surface area (Å²) in [6.07, 6.45) is 4.72. The maximum absolute atomic E-state index is 12.4. The zero-order chi connectivity index (χ0) is 13.2. The van der Waals surface area contributed by atoms with Gasteiger partial charge in [-0.1, -0.05) is 13.3 Å². The van der Waals surface area contributed by atoms with Gasteiger partial charge >= 0.3 is 0 Å². The van der Waals surface area contributed by atoms with Gasteiger partial charge in [0.15, 0.2) is 0 Å². The topological polar surface area (TPSA) is 52.6 Å². The van der Waals surface area contributed by atoms with Crippen LogP contribution in [0.1, 0.15) is 46.0 Å². The molecule has 0 spiro atoms. The molecule has 4 heteroatoms. The van der Waals surface area contributed by atoms with Gasteiger partial charge in [-0.25, -0.2) is 0 Å². The zero-order valence-electron chi connectivity index (χ0n) is 11.6. The third-order valence-electron chi connectivity index (χ3n) is 4.54. The van der Waals surface area contributed by atoms with Crippen LogP contribution in [-0.2, 0) is 4.79 Å². The van der Waals surface area contributed by atoms with Crippen molar-refractivity contribution in [2.45, 2.75) is 57.6 Å². The third-order valence-corrected chi connectivity index (χ3v) is 4.54. The largest absolute Gasteiger partial charge is 0.390 e. The van der Waals surface area contributed by atoms with E-state index >= 15 is 0 Å². The average Bonchev–Trinajstić information content (AvgIpc) is 2.38. The monoisotopic (exact) mass is 254 g/mol. The number of hydrogen-bond acceptors (Lipinski definition) is 3. The summed E-state index contributed by atoms with van der Waals surface area (Å²) in [5.74, 6) is 0.928. The summed E-state index contributed by atoms with van der Waals surface area (Å²) in [6, 6.07) is 0.00625. The SMILES string of the molecule is CCC1CCNC(C(=O)N2CCC(C)(O)CC2)C1. The Kier molecular flexibility index (Phi) is 4.28. The number of hydrogen-bond donors (Lipinski definition) is 2. The van der Waals surface area contributed by atoms with Crippen molar-refractivity contribution in [2.24, 2.45) is 5.92 Å². The van der Waals surface area contributed by atoms with Crippen LogP contribution in [0.4, 0.5) is 0 Å². The quantitative estimate of drug-likeness (QED) is 0.777. The van der Waals surface area contributed by atoms with Crippen molar-refractivity contribution in [1.82, 2.24) is 10.2 Å². The van der Waals surface area contributed by atoms with Gasteiger partial charge in [-0.2, -0.15) is 0 Å². The molecule has 2 atom stereocenters. The van der Waals surface area contributed by atoms with Crippen molar-refractivity contribution in [1.29, 1.82) is 0 Å². The van der Waals surface area contributed by atoms with E-state index in [1.165, 1.54) is 12.8 Å². The van der Waals surface area contributed by atoms with Crippen molar-refractivity contribution in [3.63, 3.8) is 0 Å². The fourth-order valence-corrected chi connectivity index (χ4v) is 2.98. The fraction of sp³-hybridized carbons (Fsp3) is 0.929. The minimum atomic E-state index is -0.581. The van der Waals surface area contributed by atoms with E-state index in [2.05, 4.69) is 12.2 Å². The number of carbonyl (C=O) groups excluding carboxylic acids is 1. The molecule has 1 amide bonds. The van der Waals surface area contributed by atoms with E-state index in [1.807, 2.05) is 11.8 Å². The lowest BCUT2D eigenvalue weighted by atomic mass is 9.88. The lowest BCUT2D eigenvalue weighted by Crippen LogP contribution is -2.54. The van der Waals surface area contributed by atoms with E-state index in [-0.39, 0.29) is 11.9 Å². The van der Waals surface area contributed by atoms with Crippen molar-refractivity contribution in [2.75, 3.05) is 19.6 Å². The predicted octanol–water partition coefficient (Wildman–Crippen LogP) is 1.14. The molecule has 0 aliphatic carbocycles. The van der Waals surface area contributed by atoms with Crippen LogP contribution < -0.4 is 5.32 Å². The first-order chi connectivity index (χ1) is 8.52. The molecule has 2 aliphatic heterocycles. The molecule has 4 nitrogen and oxygen atoms in total. The van der Waals surface area contributed by atoms with Crippen LogP contribution >= 0.6 is 0 Å². The van der Waals surface area contributed by atoms with E-state index in [0.29, 0.717) is 31.8 Å². The lowest BCUT2D eigenvalue weighted by molar-refractivity contribution is -0.138. The lowest BCUT2D eigenvalue weighted by Gasteiger charge is -2.39. The number of nitrogens with zero attached hydrogens (tertiary/aromatic N) is 1. The summed E-state index contributed by atoms with van der Waals surface area (Å²) in [5, 5.41) is 13.3. The molecule has 0 saturated carbocycles. The first-order valence-electron chi connectivity index (χ1n) is 7.26. The summed E-state index contributed by atoms with van der Waals surface area (Å²) in [4.78, 5) is 14.3. The van der Waals surface area contributed by atoms with E-state index in [0.717, 1.165) is 13.0 Å². The molecule has 0 bridgehead atoms. The summed E-state index contributed by atoms with van der Waals surface area (Å²) >= 11 is 0. The van der Waals surface area contributed by atoms with Gasteiger partial charge in [0.1, 0.15) is 0 Å². The average molecular weight is 254 g/mol. The standard InChI is InChI=1S/C14H26N2O2/c1-3-11-4-7-15-12(10-11)13(17)16-8-5-14(2,18)6-9-16/h11-12,15,18H,3-10H2,1-2H3. The Hall–Kier alpha value is -0.610. The first kappa shape index (κ1) is 13.8. The van der Waals surface area contributed by atoms with E-state index in [1.54, 1.807) is 0 Å². The Morgan fingerprint density at radius 3 is 2.72 bits per heavy atom. The van der Waals surface area contributed by atoms with Gasteiger partial charge in [-0.05, 0) is 45.1 Å². The molecule has 2 N–H and O–H groups in total. The number of rotatable bonds is 2. The summed E-state index contributed by atoms with van der Waals surface area (Å²) in [5.41, 5.74) is -0.581. The molecule has 2 heterocycles. The van der Waals surface area contributed by atoms with Gasteiger partial charge < -0.3 is 15.3 Å². The minimum Gasteiger partial charge on any atom is -0.390 e. The summed E-state index contributed by atoms with van der Waals surface area (Å²) < 4.78 is 0. The van der Waals surface area contributed by atoms with Crippen molar-refractivity contribution < 1.29 is 9.90 Å². The molecule has 104 valence electrons. The van der Waals surface area contributed by atoms with Gasteiger partial charge in [0.25, 0.3) is 0 Å². The molecule has 2 aliphatic rings. The van der Waals surface area contributed by atoms with Gasteiger partial charge in [-0.3, -0.25) is 4.79 Å². The highest BCUT2D eigenvalue weighted by atomic mass is 16.3. The van der Waals surface area contributed by atoms with Crippen LogP contribution in [0.3, 0.4) is 0 Å². The Labute approximate surface area is 110 Å². The van der Waals surface area contributed by atoms with E-state index < -0.39 is 5.60 Å². The van der Waals surface area contributed by atoms with Crippen LogP contribution in [0.5, 0.6) is 0 Å². The number of amides is 1. The van der Waals surface area contributed by atoms with Crippen molar-refractivity contribution >= 4 is 5.91 Å². The number of carbonyl (C=O) groups is 1. The Balaban J connectivity index is 1.87.